The molecule has 0 aromatic rings. The number of carbonyl (C=O) groups is 2. The molecular weight excluding hydrogens is 252 g/mol. The van der Waals surface area contributed by atoms with Crippen molar-refractivity contribution < 1.29 is 33.0 Å². The smallest absolute Gasteiger partial charge is 0.410 e. The summed E-state index contributed by atoms with van der Waals surface area (Å²) in [6, 6.07) is -1.53. The number of aliphatic carboxylic acids is 1. The highest BCUT2D eigenvalue weighted by Gasteiger charge is 2.31. The third-order valence-electron chi connectivity index (χ3n) is 1.81. The lowest BCUT2D eigenvalue weighted by Gasteiger charge is -2.28. The maximum absolute atomic E-state index is 11.8. The molecule has 6 nitrogen and oxygen atoms in total. The molecule has 0 aliphatic rings. The van der Waals surface area contributed by atoms with Crippen molar-refractivity contribution in [3.8, 4) is 0 Å². The molecule has 18 heavy (non-hydrogen) atoms. The number of likely N-dealkylation sites (N-methyl/N-ethyl adjacent to an activating group) is 1. The number of nitrogens with zero attached hydrogens (tertiary/aromatic N) is 1. The van der Waals surface area contributed by atoms with E-state index >= 15 is 0 Å². The van der Waals surface area contributed by atoms with E-state index < -0.39 is 36.9 Å². The molecule has 0 aromatic heterocycles. The molecule has 0 saturated heterocycles. The number of ether oxygens (including phenoxy) is 2. The SMILES string of the molecule is CN(C(=O)OC(C)(C)C)C(COC(F)F)C(=O)O. The summed E-state index contributed by atoms with van der Waals surface area (Å²) >= 11 is 0. The lowest BCUT2D eigenvalue weighted by Crippen LogP contribution is -2.47. The Morgan fingerprint density at radius 3 is 2.17 bits per heavy atom. The van der Waals surface area contributed by atoms with Crippen LogP contribution >= 0.6 is 0 Å². The number of carboxylic acids is 1. The molecular formula is C10H17F2NO5. The molecule has 1 unspecified atom stereocenters. The lowest BCUT2D eigenvalue weighted by atomic mass is 10.2. The predicted octanol–water partition coefficient (Wildman–Crippen LogP) is 1.55. The van der Waals surface area contributed by atoms with Crippen LogP contribution in [0.5, 0.6) is 0 Å². The molecule has 0 aromatic carbocycles. The van der Waals surface area contributed by atoms with Crippen LogP contribution in [0, 0.1) is 0 Å². The second-order valence-electron chi connectivity index (χ2n) is 4.54. The first kappa shape index (κ1) is 16.6. The number of hydrogen-bond donors (Lipinski definition) is 1. The van der Waals surface area contributed by atoms with E-state index in [4.69, 9.17) is 9.84 Å². The molecule has 0 aliphatic carbocycles. The second kappa shape index (κ2) is 6.48. The van der Waals surface area contributed by atoms with Gasteiger partial charge in [0.15, 0.2) is 6.04 Å². The minimum absolute atomic E-state index is 0.704. The van der Waals surface area contributed by atoms with Gasteiger partial charge in [-0.2, -0.15) is 8.78 Å². The lowest BCUT2D eigenvalue weighted by molar-refractivity contribution is -0.160. The van der Waals surface area contributed by atoms with E-state index in [1.165, 1.54) is 0 Å². The fourth-order valence-corrected chi connectivity index (χ4v) is 0.974. The van der Waals surface area contributed by atoms with Crippen LogP contribution in [0.25, 0.3) is 0 Å². The Morgan fingerprint density at radius 1 is 1.33 bits per heavy atom. The van der Waals surface area contributed by atoms with Crippen LogP contribution in [-0.2, 0) is 14.3 Å². The summed E-state index contributed by atoms with van der Waals surface area (Å²) in [5.74, 6) is -1.45. The van der Waals surface area contributed by atoms with E-state index in [-0.39, 0.29) is 0 Å². The van der Waals surface area contributed by atoms with Gasteiger partial charge >= 0.3 is 18.7 Å². The van der Waals surface area contributed by atoms with Gasteiger partial charge in [0.1, 0.15) is 5.60 Å². The van der Waals surface area contributed by atoms with Gasteiger partial charge < -0.3 is 14.6 Å². The highest BCUT2D eigenvalue weighted by atomic mass is 19.3. The summed E-state index contributed by atoms with van der Waals surface area (Å²) in [5.41, 5.74) is -0.808. The summed E-state index contributed by atoms with van der Waals surface area (Å²) in [7, 11) is 1.14. The van der Waals surface area contributed by atoms with Gasteiger partial charge in [-0.05, 0) is 20.8 Å². The Balaban J connectivity index is 4.61. The molecule has 8 heteroatoms. The fraction of sp³-hybridized carbons (Fsp3) is 0.800. The van der Waals surface area contributed by atoms with Gasteiger partial charge in [0.2, 0.25) is 0 Å². The molecule has 0 heterocycles. The standard InChI is InChI=1S/C10H17F2NO5/c1-10(2,3)18-9(16)13(4)6(7(14)15)5-17-8(11)12/h6,8H,5H2,1-4H3,(H,14,15). The van der Waals surface area contributed by atoms with E-state index in [1.807, 2.05) is 0 Å². The molecule has 1 atom stereocenters. The molecule has 0 fully saturated rings. The van der Waals surface area contributed by atoms with Crippen LogP contribution in [0.15, 0.2) is 0 Å². The van der Waals surface area contributed by atoms with Crippen molar-refractivity contribution in [2.75, 3.05) is 13.7 Å². The number of carboxylic acid groups (broad SMARTS) is 1. The minimum atomic E-state index is -3.10. The minimum Gasteiger partial charge on any atom is -0.480 e. The molecule has 0 saturated carbocycles. The third kappa shape index (κ3) is 6.33. The first-order chi connectivity index (χ1) is 8.04. The van der Waals surface area contributed by atoms with Crippen molar-refractivity contribution in [3.05, 3.63) is 0 Å². The van der Waals surface area contributed by atoms with Crippen molar-refractivity contribution >= 4 is 12.1 Å². The maximum atomic E-state index is 11.8. The van der Waals surface area contributed by atoms with Gasteiger partial charge in [-0.25, -0.2) is 9.59 Å². The quantitative estimate of drug-likeness (QED) is 0.819. The van der Waals surface area contributed by atoms with E-state index in [0.29, 0.717) is 4.90 Å². The van der Waals surface area contributed by atoms with Gasteiger partial charge in [-0.1, -0.05) is 0 Å². The molecule has 1 amide bonds. The van der Waals surface area contributed by atoms with E-state index in [0.717, 1.165) is 7.05 Å². The summed E-state index contributed by atoms with van der Waals surface area (Å²) in [6.07, 6.45) is -0.923. The number of alkyl halides is 2. The zero-order chi connectivity index (χ0) is 14.5. The number of hydrogen-bond acceptors (Lipinski definition) is 4. The third-order valence-corrected chi connectivity index (χ3v) is 1.81. The van der Waals surface area contributed by atoms with E-state index in [1.54, 1.807) is 20.8 Å². The summed E-state index contributed by atoms with van der Waals surface area (Å²) < 4.78 is 32.5. The number of halogens is 2. The van der Waals surface area contributed by atoms with E-state index in [2.05, 4.69) is 4.74 Å². The molecule has 0 aliphatic heterocycles. The molecule has 0 spiro atoms. The summed E-state index contributed by atoms with van der Waals surface area (Å²) in [6.45, 7) is 0.889. The van der Waals surface area contributed by atoms with Crippen LogP contribution in [0.3, 0.4) is 0 Å². The van der Waals surface area contributed by atoms with Crippen molar-refractivity contribution in [3.63, 3.8) is 0 Å². The molecule has 1 N–H and O–H groups in total. The average Bonchev–Trinajstić information content (AvgIpc) is 2.13. The van der Waals surface area contributed by atoms with E-state index in [9.17, 15) is 18.4 Å². The van der Waals surface area contributed by atoms with Crippen LogP contribution in [0.4, 0.5) is 13.6 Å². The van der Waals surface area contributed by atoms with Gasteiger partial charge in [0.25, 0.3) is 0 Å². The Morgan fingerprint density at radius 2 is 1.83 bits per heavy atom. The Labute approximate surface area is 103 Å². The zero-order valence-corrected chi connectivity index (χ0v) is 10.6. The Bertz CT molecular complexity index is 303. The average molecular weight is 269 g/mol. The van der Waals surface area contributed by atoms with Gasteiger partial charge in [0.05, 0.1) is 6.61 Å². The number of amides is 1. The first-order valence-corrected chi connectivity index (χ1v) is 5.13. The zero-order valence-electron chi connectivity index (χ0n) is 10.6. The van der Waals surface area contributed by atoms with Crippen LogP contribution in [-0.4, -0.2) is 54.0 Å². The summed E-state index contributed by atoms with van der Waals surface area (Å²) in [5, 5.41) is 8.83. The molecule has 0 bridgehead atoms. The molecule has 106 valence electrons. The van der Waals surface area contributed by atoms with Crippen molar-refractivity contribution in [1.29, 1.82) is 0 Å². The van der Waals surface area contributed by atoms with Crippen molar-refractivity contribution in [1.82, 2.24) is 4.90 Å². The largest absolute Gasteiger partial charge is 0.480 e. The molecule has 0 radical (unpaired) electrons. The second-order valence-corrected chi connectivity index (χ2v) is 4.54. The monoisotopic (exact) mass is 269 g/mol. The topological polar surface area (TPSA) is 76.1 Å². The van der Waals surface area contributed by atoms with Crippen LogP contribution in [0.1, 0.15) is 20.8 Å². The van der Waals surface area contributed by atoms with Gasteiger partial charge in [-0.15, -0.1) is 0 Å². The van der Waals surface area contributed by atoms with Crippen LogP contribution in [0.2, 0.25) is 0 Å². The Kier molecular flexibility index (Phi) is 5.96. The van der Waals surface area contributed by atoms with Crippen LogP contribution < -0.4 is 0 Å². The normalized spacial score (nSPS) is 13.3. The first-order valence-electron chi connectivity index (χ1n) is 5.13. The van der Waals surface area contributed by atoms with Crippen molar-refractivity contribution in [2.24, 2.45) is 0 Å². The number of carbonyl (C=O) groups excluding carboxylic acids is 1. The molecule has 0 rings (SSSR count). The summed E-state index contributed by atoms with van der Waals surface area (Å²) in [4.78, 5) is 23.1. The highest BCUT2D eigenvalue weighted by Crippen LogP contribution is 2.11. The van der Waals surface area contributed by atoms with Crippen molar-refractivity contribution in [2.45, 2.75) is 39.0 Å². The highest BCUT2D eigenvalue weighted by molar-refractivity contribution is 5.80. The maximum Gasteiger partial charge on any atom is 0.410 e. The van der Waals surface area contributed by atoms with Gasteiger partial charge in [0, 0.05) is 7.05 Å². The number of rotatable bonds is 5. The fourth-order valence-electron chi connectivity index (χ4n) is 0.974. The van der Waals surface area contributed by atoms with Gasteiger partial charge in [-0.3, -0.25) is 4.90 Å². The predicted molar refractivity (Wildman–Crippen MR) is 57.4 cm³/mol. The Hall–Kier alpha value is -1.44.